The Balaban J connectivity index is -0.0000000793. The lowest BCUT2D eigenvalue weighted by Crippen LogP contribution is -2.10. The van der Waals surface area contributed by atoms with E-state index >= 15 is 0 Å². The molecule has 0 aliphatic heterocycles. The summed E-state index contributed by atoms with van der Waals surface area (Å²) in [5.41, 5.74) is 0. The molecule has 0 radical (unpaired) electrons. The predicted molar refractivity (Wildman–Crippen MR) is 60.3 cm³/mol. The molecule has 0 saturated carbocycles. The van der Waals surface area contributed by atoms with Gasteiger partial charge in [-0.1, -0.05) is 15.7 Å². The normalized spacial score (nSPS) is 9.00. The van der Waals surface area contributed by atoms with Crippen molar-refractivity contribution in [2.75, 3.05) is 19.6 Å². The van der Waals surface area contributed by atoms with Gasteiger partial charge in [-0.25, -0.2) is 0 Å². The van der Waals surface area contributed by atoms with Crippen LogP contribution in [0.5, 0.6) is 0 Å². The molecule has 0 heterocycles. The Hall–Kier alpha value is -0.415. The van der Waals surface area contributed by atoms with Gasteiger partial charge in [-0.05, 0) is 20.8 Å². The molecular formula is C6H24BN3O9. The van der Waals surface area contributed by atoms with Crippen LogP contribution in [-0.2, 0) is 0 Å². The molecule has 0 aliphatic rings. The first-order valence-corrected chi connectivity index (χ1v) is 5.04. The van der Waals surface area contributed by atoms with Crippen LogP contribution >= 0.6 is 0 Å². The number of hydroxylamine groups is 6. The molecule has 12 nitrogen and oxygen atoms in total. The van der Waals surface area contributed by atoms with Crippen molar-refractivity contribution in [3.8, 4) is 0 Å². The largest absolute Gasteiger partial charge is 0.631 e. The van der Waals surface area contributed by atoms with Gasteiger partial charge in [0.2, 0.25) is 0 Å². The van der Waals surface area contributed by atoms with Gasteiger partial charge in [0.05, 0.1) is 0 Å². The summed E-state index contributed by atoms with van der Waals surface area (Å²) < 4.78 is 0. The number of hydrogen-bond donors (Lipinski definition) is 9. The van der Waals surface area contributed by atoms with Crippen LogP contribution in [0.25, 0.3) is 0 Å². The number of hydrogen-bond acceptors (Lipinski definition) is 12. The van der Waals surface area contributed by atoms with Gasteiger partial charge in [-0.15, -0.1) is 0 Å². The summed E-state index contributed by atoms with van der Waals surface area (Å²) in [6.45, 7) is 5.62. The highest BCUT2D eigenvalue weighted by atomic mass is 16.8. The molecule has 0 aromatic rings. The van der Waals surface area contributed by atoms with Crippen molar-refractivity contribution in [3.63, 3.8) is 0 Å². The fraction of sp³-hybridized carbons (Fsp3) is 1.00. The maximum atomic E-state index is 7.75. The molecule has 13 heteroatoms. The van der Waals surface area contributed by atoms with E-state index in [9.17, 15) is 0 Å². The summed E-state index contributed by atoms with van der Waals surface area (Å²) in [4.78, 5) is 0. The highest BCUT2D eigenvalue weighted by Gasteiger charge is 1.92. The van der Waals surface area contributed by atoms with Gasteiger partial charge >= 0.3 is 7.32 Å². The Labute approximate surface area is 111 Å². The van der Waals surface area contributed by atoms with Gasteiger partial charge in [0, 0.05) is 19.6 Å². The lowest BCUT2D eigenvalue weighted by Gasteiger charge is -1.95. The summed E-state index contributed by atoms with van der Waals surface area (Å²) in [5, 5.41) is 68.4. The van der Waals surface area contributed by atoms with Crippen molar-refractivity contribution in [2.24, 2.45) is 0 Å². The van der Waals surface area contributed by atoms with E-state index in [2.05, 4.69) is 0 Å². The zero-order valence-corrected chi connectivity index (χ0v) is 11.1. The summed E-state index contributed by atoms with van der Waals surface area (Å²) in [5.74, 6) is 0. The molecule has 0 saturated heterocycles. The fourth-order valence-corrected chi connectivity index (χ4v) is 0. The molecule has 0 unspecified atom stereocenters. The van der Waals surface area contributed by atoms with Gasteiger partial charge in [-0.3, -0.25) is 31.2 Å². The van der Waals surface area contributed by atoms with E-state index in [0.717, 1.165) is 0 Å². The van der Waals surface area contributed by atoms with Gasteiger partial charge in [0.25, 0.3) is 0 Å². The summed E-state index contributed by atoms with van der Waals surface area (Å²) in [7, 11) is -2.17. The maximum absolute atomic E-state index is 7.75. The third kappa shape index (κ3) is 137. The van der Waals surface area contributed by atoms with E-state index in [-0.39, 0.29) is 35.3 Å². The Bertz CT molecular complexity index is 119. The van der Waals surface area contributed by atoms with E-state index in [1.165, 1.54) is 0 Å². The zero-order valence-electron chi connectivity index (χ0n) is 11.1. The van der Waals surface area contributed by atoms with Crippen LogP contribution in [0.15, 0.2) is 0 Å². The molecule has 0 amide bonds. The summed E-state index contributed by atoms with van der Waals surface area (Å²) >= 11 is 0. The second kappa shape index (κ2) is 22.7. The zero-order chi connectivity index (χ0) is 16.4. The average molecular weight is 293 g/mol. The van der Waals surface area contributed by atoms with E-state index in [1.54, 1.807) is 20.8 Å². The van der Waals surface area contributed by atoms with Crippen molar-refractivity contribution >= 4 is 7.32 Å². The Morgan fingerprint density at radius 3 is 0.632 bits per heavy atom. The molecule has 19 heavy (non-hydrogen) atoms. The van der Waals surface area contributed by atoms with Crippen LogP contribution in [0.4, 0.5) is 0 Å². The molecule has 0 atom stereocenters. The maximum Gasteiger partial charge on any atom is 0.631 e. The number of rotatable bonds is 3. The lowest BCUT2D eigenvalue weighted by atomic mass is 10.3. The second-order valence-corrected chi connectivity index (χ2v) is 2.41. The highest BCUT2D eigenvalue weighted by molar-refractivity contribution is 6.30. The monoisotopic (exact) mass is 293 g/mol. The minimum Gasteiger partial charge on any atom is -0.402 e. The molecule has 9 N–H and O–H groups in total. The topological polar surface area (TPSA) is 192 Å². The molecule has 0 fully saturated rings. The van der Waals surface area contributed by atoms with Crippen LogP contribution in [0.3, 0.4) is 0 Å². The summed E-state index contributed by atoms with van der Waals surface area (Å²) in [6, 6.07) is 0. The highest BCUT2D eigenvalue weighted by Crippen LogP contribution is 1.62. The Kier molecular flexibility index (Phi) is 32.3. The second-order valence-electron chi connectivity index (χ2n) is 2.41. The average Bonchev–Trinajstić information content (AvgIpc) is 2.29. The van der Waals surface area contributed by atoms with Crippen molar-refractivity contribution in [1.82, 2.24) is 15.7 Å². The van der Waals surface area contributed by atoms with Gasteiger partial charge in [0.15, 0.2) is 0 Å². The standard InChI is InChI=1S/3C2H7NO2.BH3O3/c3*1-2-3(4)5;2-1(3)4/h3*4-5H,2H2,1H3;2-4H. The molecule has 0 bridgehead atoms. The molecule has 0 spiro atoms. The first-order chi connectivity index (χ1) is 8.54. The first-order valence-electron chi connectivity index (χ1n) is 5.04. The predicted octanol–water partition coefficient (Wildman–Crippen LogP) is -1.79. The van der Waals surface area contributed by atoms with Gasteiger partial charge in [-0.2, -0.15) is 0 Å². The van der Waals surface area contributed by atoms with Gasteiger partial charge in [0.1, 0.15) is 0 Å². The molecule has 0 aromatic heterocycles. The first kappa shape index (κ1) is 27.0. The molecule has 0 aliphatic carbocycles. The number of nitrogens with zero attached hydrogens (tertiary/aromatic N) is 3. The van der Waals surface area contributed by atoms with Crippen LogP contribution in [0.2, 0.25) is 0 Å². The van der Waals surface area contributed by atoms with Crippen LogP contribution in [-0.4, -0.2) is 89.0 Å². The van der Waals surface area contributed by atoms with E-state index in [1.807, 2.05) is 0 Å². The lowest BCUT2D eigenvalue weighted by molar-refractivity contribution is -0.304. The summed E-state index contributed by atoms with van der Waals surface area (Å²) in [6.07, 6.45) is 0. The Morgan fingerprint density at radius 1 is 0.579 bits per heavy atom. The van der Waals surface area contributed by atoms with Crippen molar-refractivity contribution in [3.05, 3.63) is 0 Å². The van der Waals surface area contributed by atoms with E-state index in [0.29, 0.717) is 0 Å². The third-order valence-electron chi connectivity index (χ3n) is 0.849. The molecule has 0 aromatic carbocycles. The van der Waals surface area contributed by atoms with Crippen molar-refractivity contribution in [2.45, 2.75) is 20.8 Å². The SMILES string of the molecule is CCN(O)O.CCN(O)O.CCN(O)O.OB(O)O. The quantitative estimate of drug-likeness (QED) is 0.210. The van der Waals surface area contributed by atoms with Crippen LogP contribution in [0.1, 0.15) is 20.8 Å². The third-order valence-corrected chi connectivity index (χ3v) is 0.849. The van der Waals surface area contributed by atoms with Crippen LogP contribution in [0, 0.1) is 0 Å². The minimum absolute atomic E-state index is 0.125. The molecular weight excluding hydrogens is 269 g/mol. The van der Waals surface area contributed by atoms with Crippen molar-refractivity contribution in [1.29, 1.82) is 0 Å². The van der Waals surface area contributed by atoms with E-state index < -0.39 is 7.32 Å². The van der Waals surface area contributed by atoms with Crippen LogP contribution < -0.4 is 0 Å². The molecule has 0 rings (SSSR count). The smallest absolute Gasteiger partial charge is 0.402 e. The van der Waals surface area contributed by atoms with E-state index in [4.69, 9.17) is 46.3 Å². The van der Waals surface area contributed by atoms with Crippen molar-refractivity contribution < 1.29 is 46.3 Å². The molecule has 120 valence electrons. The minimum atomic E-state index is -2.17. The Morgan fingerprint density at radius 2 is 0.632 bits per heavy atom. The van der Waals surface area contributed by atoms with Gasteiger partial charge < -0.3 is 15.1 Å². The fourth-order valence-electron chi connectivity index (χ4n) is 0.